The number of aromatic nitrogens is 1. The van der Waals surface area contributed by atoms with Gasteiger partial charge in [-0.05, 0) is 33.2 Å². The molecule has 0 N–H and O–H groups in total. The van der Waals surface area contributed by atoms with E-state index < -0.39 is 0 Å². The lowest BCUT2D eigenvalue weighted by atomic mass is 10.2. The zero-order chi connectivity index (χ0) is 14.2. The summed E-state index contributed by atoms with van der Waals surface area (Å²) in [6, 6.07) is 4.11. The van der Waals surface area contributed by atoms with Crippen molar-refractivity contribution in [2.45, 2.75) is 13.0 Å². The van der Waals surface area contributed by atoms with E-state index in [2.05, 4.69) is 0 Å². The Kier molecular flexibility index (Phi) is 3.57. The fraction of sp³-hybridized carbons (Fsp3) is 0.357. The summed E-state index contributed by atoms with van der Waals surface area (Å²) in [5.41, 5.74) is 0.600. The number of methoxy groups -OCH3 is 1. The van der Waals surface area contributed by atoms with Crippen molar-refractivity contribution in [3.05, 3.63) is 30.2 Å². The smallest absolute Gasteiger partial charge is 0.248 e. The number of likely N-dealkylation sites (N-methyl/N-ethyl adjacent to an activating group) is 1. The molecule has 19 heavy (non-hydrogen) atoms. The molecule has 1 atom stereocenters. The average Bonchev–Trinajstić information content (AvgIpc) is 2.79. The summed E-state index contributed by atoms with van der Waals surface area (Å²) in [5.74, 6) is -0.0978. The van der Waals surface area contributed by atoms with Crippen LogP contribution in [-0.2, 0) is 0 Å². The normalized spacial score (nSPS) is 12.9. The van der Waals surface area contributed by atoms with Crippen molar-refractivity contribution < 1.29 is 13.9 Å². The molecule has 0 radical (unpaired) electrons. The van der Waals surface area contributed by atoms with Crippen LogP contribution >= 0.6 is 0 Å². The average molecular weight is 264 g/mol. The number of halogens is 1. The molecule has 5 heteroatoms. The van der Waals surface area contributed by atoms with E-state index in [0.717, 1.165) is 0 Å². The number of benzene rings is 1. The molecule has 1 aromatic heterocycles. The predicted molar refractivity (Wildman–Crippen MR) is 72.2 cm³/mol. The van der Waals surface area contributed by atoms with Gasteiger partial charge in [0.25, 0.3) is 0 Å². The Bertz CT molecular complexity index is 619. The van der Waals surface area contributed by atoms with Crippen molar-refractivity contribution in [1.82, 2.24) is 9.47 Å². The molecule has 1 aromatic carbocycles. The summed E-state index contributed by atoms with van der Waals surface area (Å²) in [4.78, 5) is 14.2. The molecule has 0 bridgehead atoms. The molecule has 0 fully saturated rings. The largest absolute Gasteiger partial charge is 0.494 e. The molecule has 0 aliphatic carbocycles. The molecule has 1 heterocycles. The van der Waals surface area contributed by atoms with E-state index in [9.17, 15) is 9.18 Å². The van der Waals surface area contributed by atoms with Gasteiger partial charge in [0, 0.05) is 17.6 Å². The highest BCUT2D eigenvalue weighted by Gasteiger charge is 2.20. The number of carbonyl (C=O) groups is 1. The summed E-state index contributed by atoms with van der Waals surface area (Å²) in [6.07, 6.45) is 1.65. The second kappa shape index (κ2) is 5.01. The van der Waals surface area contributed by atoms with Crippen LogP contribution in [0.2, 0.25) is 0 Å². The van der Waals surface area contributed by atoms with Gasteiger partial charge in [-0.15, -0.1) is 0 Å². The quantitative estimate of drug-likeness (QED) is 0.853. The maximum atomic E-state index is 13.4. The monoisotopic (exact) mass is 264 g/mol. The predicted octanol–water partition coefficient (Wildman–Crippen LogP) is 2.38. The highest BCUT2D eigenvalue weighted by molar-refractivity contribution is 5.97. The van der Waals surface area contributed by atoms with Crippen LogP contribution in [0.15, 0.2) is 24.4 Å². The van der Waals surface area contributed by atoms with E-state index in [0.29, 0.717) is 16.7 Å². The highest BCUT2D eigenvalue weighted by Crippen LogP contribution is 2.28. The first kappa shape index (κ1) is 13.5. The number of nitrogens with zero attached hydrogens (tertiary/aromatic N) is 2. The van der Waals surface area contributed by atoms with E-state index in [4.69, 9.17) is 4.74 Å². The zero-order valence-corrected chi connectivity index (χ0v) is 11.5. The van der Waals surface area contributed by atoms with Crippen LogP contribution in [0, 0.1) is 5.82 Å². The Balaban J connectivity index is 2.59. The third-order valence-corrected chi connectivity index (χ3v) is 3.30. The summed E-state index contributed by atoms with van der Waals surface area (Å²) >= 11 is 0. The van der Waals surface area contributed by atoms with E-state index in [-0.39, 0.29) is 17.8 Å². The van der Waals surface area contributed by atoms with E-state index in [1.807, 2.05) is 25.9 Å². The van der Waals surface area contributed by atoms with E-state index in [1.165, 1.54) is 23.8 Å². The lowest BCUT2D eigenvalue weighted by molar-refractivity contribution is 0.0809. The van der Waals surface area contributed by atoms with Crippen LogP contribution in [0.3, 0.4) is 0 Å². The van der Waals surface area contributed by atoms with Crippen LogP contribution in [0.5, 0.6) is 5.75 Å². The van der Waals surface area contributed by atoms with E-state index in [1.54, 1.807) is 12.3 Å². The Morgan fingerprint density at radius 3 is 2.68 bits per heavy atom. The third kappa shape index (κ3) is 2.33. The van der Waals surface area contributed by atoms with Crippen molar-refractivity contribution in [2.75, 3.05) is 21.2 Å². The molecule has 0 spiro atoms. The fourth-order valence-corrected chi connectivity index (χ4v) is 1.97. The van der Waals surface area contributed by atoms with Crippen LogP contribution in [-0.4, -0.2) is 42.6 Å². The topological polar surface area (TPSA) is 34.5 Å². The second-order valence-electron chi connectivity index (χ2n) is 4.71. The summed E-state index contributed by atoms with van der Waals surface area (Å²) < 4.78 is 20.1. The molecule has 2 aromatic rings. The lowest BCUT2D eigenvalue weighted by Gasteiger charge is -2.19. The van der Waals surface area contributed by atoms with Crippen molar-refractivity contribution >= 4 is 16.8 Å². The van der Waals surface area contributed by atoms with Crippen LogP contribution in [0.4, 0.5) is 4.39 Å². The van der Waals surface area contributed by atoms with Crippen LogP contribution in [0.1, 0.15) is 11.7 Å². The number of rotatable bonds is 3. The second-order valence-corrected chi connectivity index (χ2v) is 4.71. The number of hydrogen-bond acceptors (Lipinski definition) is 3. The SMILES string of the molecule is COc1cc(F)cc2ccn(C(=O)C(C)N(C)C)c12. The van der Waals surface area contributed by atoms with Crippen molar-refractivity contribution in [2.24, 2.45) is 0 Å². The van der Waals surface area contributed by atoms with E-state index >= 15 is 0 Å². The van der Waals surface area contributed by atoms with Crippen molar-refractivity contribution in [3.8, 4) is 5.75 Å². The summed E-state index contributed by atoms with van der Waals surface area (Å²) in [6.45, 7) is 1.82. The summed E-state index contributed by atoms with van der Waals surface area (Å²) in [7, 11) is 5.14. The third-order valence-electron chi connectivity index (χ3n) is 3.30. The first-order valence-electron chi connectivity index (χ1n) is 6.01. The van der Waals surface area contributed by atoms with Gasteiger partial charge in [-0.2, -0.15) is 0 Å². The van der Waals surface area contributed by atoms with Gasteiger partial charge in [-0.1, -0.05) is 0 Å². The van der Waals surface area contributed by atoms with Crippen LogP contribution < -0.4 is 4.74 Å². The number of carbonyl (C=O) groups excluding carboxylic acids is 1. The highest BCUT2D eigenvalue weighted by atomic mass is 19.1. The maximum absolute atomic E-state index is 13.4. The minimum Gasteiger partial charge on any atom is -0.494 e. The van der Waals surface area contributed by atoms with Gasteiger partial charge in [0.05, 0.1) is 18.7 Å². The van der Waals surface area contributed by atoms with Gasteiger partial charge in [0.2, 0.25) is 5.91 Å². The number of fused-ring (bicyclic) bond motifs is 1. The zero-order valence-electron chi connectivity index (χ0n) is 11.5. The lowest BCUT2D eigenvalue weighted by Crippen LogP contribution is -2.36. The van der Waals surface area contributed by atoms with Crippen molar-refractivity contribution in [3.63, 3.8) is 0 Å². The van der Waals surface area contributed by atoms with Gasteiger partial charge in [-0.25, -0.2) is 4.39 Å². The summed E-state index contributed by atoms with van der Waals surface area (Å²) in [5, 5.41) is 0.649. The molecule has 0 aliphatic rings. The van der Waals surface area contributed by atoms with Crippen LogP contribution in [0.25, 0.3) is 10.9 Å². The number of hydrogen-bond donors (Lipinski definition) is 0. The molecule has 4 nitrogen and oxygen atoms in total. The molecule has 1 unspecified atom stereocenters. The fourth-order valence-electron chi connectivity index (χ4n) is 1.97. The van der Waals surface area contributed by atoms with Gasteiger partial charge in [0.1, 0.15) is 11.6 Å². The Morgan fingerprint density at radius 2 is 2.11 bits per heavy atom. The first-order chi connectivity index (χ1) is 8.95. The molecular formula is C14H17FN2O2. The minimum atomic E-state index is -0.379. The van der Waals surface area contributed by atoms with Gasteiger partial charge in [-0.3, -0.25) is 14.3 Å². The van der Waals surface area contributed by atoms with Gasteiger partial charge in [0.15, 0.2) is 0 Å². The van der Waals surface area contributed by atoms with Gasteiger partial charge >= 0.3 is 0 Å². The Labute approximate surface area is 111 Å². The van der Waals surface area contributed by atoms with Gasteiger partial charge < -0.3 is 4.74 Å². The molecule has 0 saturated heterocycles. The molecule has 2 rings (SSSR count). The minimum absolute atomic E-state index is 0.0788. The number of ether oxygens (including phenoxy) is 1. The Morgan fingerprint density at radius 1 is 1.42 bits per heavy atom. The van der Waals surface area contributed by atoms with Crippen molar-refractivity contribution in [1.29, 1.82) is 0 Å². The molecular weight excluding hydrogens is 247 g/mol. The molecule has 0 saturated carbocycles. The molecule has 0 amide bonds. The maximum Gasteiger partial charge on any atom is 0.248 e. The standard InChI is InChI=1S/C14H17FN2O2/c1-9(16(2)3)14(18)17-6-5-10-7-11(15)8-12(19-4)13(10)17/h5-9H,1-4H3. The Hall–Kier alpha value is -1.88. The molecule has 102 valence electrons. The first-order valence-corrected chi connectivity index (χ1v) is 6.01. The molecule has 0 aliphatic heterocycles.